The van der Waals surface area contributed by atoms with E-state index in [1.165, 1.54) is 12.8 Å². The molecule has 0 unspecified atom stereocenters. The highest BCUT2D eigenvalue weighted by molar-refractivity contribution is 5.92. The Morgan fingerprint density at radius 1 is 1.55 bits per heavy atom. The molecule has 2 heterocycles. The Labute approximate surface area is 116 Å². The van der Waals surface area contributed by atoms with E-state index >= 15 is 0 Å². The van der Waals surface area contributed by atoms with Crippen LogP contribution in [0.2, 0.25) is 0 Å². The van der Waals surface area contributed by atoms with Crippen LogP contribution in [-0.4, -0.2) is 28.2 Å². The first-order chi connectivity index (χ1) is 9.78. The summed E-state index contributed by atoms with van der Waals surface area (Å²) in [6, 6.07) is 5.50. The number of nitrogens with zero attached hydrogens (tertiary/aromatic N) is 2. The summed E-state index contributed by atoms with van der Waals surface area (Å²) in [6.45, 7) is 0.363. The minimum absolute atomic E-state index is 0.195. The third kappa shape index (κ3) is 2.64. The predicted octanol–water partition coefficient (Wildman–Crippen LogP) is 1.62. The van der Waals surface area contributed by atoms with E-state index in [4.69, 9.17) is 4.74 Å². The van der Waals surface area contributed by atoms with Crippen LogP contribution in [0.15, 0.2) is 24.4 Å². The van der Waals surface area contributed by atoms with Gasteiger partial charge in [0.2, 0.25) is 5.88 Å². The average Bonchev–Trinajstić information content (AvgIpc) is 3.22. The molecular weight excluding hydrogens is 256 g/mol. The number of amides is 1. The zero-order valence-corrected chi connectivity index (χ0v) is 11.2. The summed E-state index contributed by atoms with van der Waals surface area (Å²) in [5, 5.41) is 9.79. The number of ether oxygens (including phenoxy) is 1. The molecule has 2 aromatic rings. The molecule has 1 fully saturated rings. The Kier molecular flexibility index (Phi) is 3.37. The fourth-order valence-electron chi connectivity index (χ4n) is 2.06. The van der Waals surface area contributed by atoms with Gasteiger partial charge in [-0.3, -0.25) is 9.89 Å². The summed E-state index contributed by atoms with van der Waals surface area (Å²) in [4.78, 5) is 16.1. The van der Waals surface area contributed by atoms with Crippen LogP contribution in [0.25, 0.3) is 0 Å². The number of hydrogen-bond acceptors (Lipinski definition) is 4. The van der Waals surface area contributed by atoms with Crippen LogP contribution < -0.4 is 10.1 Å². The fraction of sp³-hybridized carbons (Fsp3) is 0.357. The molecule has 2 N–H and O–H groups in total. The third-order valence-electron chi connectivity index (χ3n) is 3.33. The maximum absolute atomic E-state index is 12.0. The lowest BCUT2D eigenvalue weighted by molar-refractivity contribution is 0.0945. The summed E-state index contributed by atoms with van der Waals surface area (Å²) in [7, 11) is 1.56. The highest BCUT2D eigenvalue weighted by atomic mass is 16.5. The van der Waals surface area contributed by atoms with E-state index in [9.17, 15) is 4.79 Å². The Bertz CT molecular complexity index is 619. The molecule has 1 saturated carbocycles. The minimum atomic E-state index is -0.195. The standard InChI is InChI=1S/C14H16N4O2/c1-20-14-10(3-2-6-15-14)8-16-13(19)12-7-11(17-18-12)9-4-5-9/h2-3,6-7,9H,4-5,8H2,1H3,(H,16,19)(H,17,18). The van der Waals surface area contributed by atoms with Crippen molar-refractivity contribution in [2.45, 2.75) is 25.3 Å². The van der Waals surface area contributed by atoms with E-state index in [0.717, 1.165) is 11.3 Å². The minimum Gasteiger partial charge on any atom is -0.481 e. The van der Waals surface area contributed by atoms with Crippen molar-refractivity contribution < 1.29 is 9.53 Å². The van der Waals surface area contributed by atoms with Crippen molar-refractivity contribution in [1.82, 2.24) is 20.5 Å². The molecule has 0 aliphatic heterocycles. The van der Waals surface area contributed by atoms with Crippen molar-refractivity contribution in [3.8, 4) is 5.88 Å². The number of carbonyl (C=O) groups is 1. The summed E-state index contributed by atoms with van der Waals surface area (Å²) in [5.41, 5.74) is 2.31. The monoisotopic (exact) mass is 272 g/mol. The second kappa shape index (κ2) is 5.32. The SMILES string of the molecule is COc1ncccc1CNC(=O)c1cc(C2CC2)[nH]n1. The van der Waals surface area contributed by atoms with Crippen molar-refractivity contribution >= 4 is 5.91 Å². The van der Waals surface area contributed by atoms with Crippen LogP contribution in [0.4, 0.5) is 0 Å². The largest absolute Gasteiger partial charge is 0.481 e. The lowest BCUT2D eigenvalue weighted by atomic mass is 10.2. The van der Waals surface area contributed by atoms with Crippen LogP contribution in [0.1, 0.15) is 40.5 Å². The normalized spacial score (nSPS) is 14.1. The lowest BCUT2D eigenvalue weighted by Gasteiger charge is -2.07. The van der Waals surface area contributed by atoms with Gasteiger partial charge in [-0.15, -0.1) is 0 Å². The van der Waals surface area contributed by atoms with E-state index in [0.29, 0.717) is 24.0 Å². The Hall–Kier alpha value is -2.37. The maximum Gasteiger partial charge on any atom is 0.272 e. The topological polar surface area (TPSA) is 79.9 Å². The van der Waals surface area contributed by atoms with Crippen molar-refractivity contribution in [2.24, 2.45) is 0 Å². The number of nitrogens with one attached hydrogen (secondary N) is 2. The first-order valence-corrected chi connectivity index (χ1v) is 6.59. The molecule has 1 amide bonds. The zero-order valence-electron chi connectivity index (χ0n) is 11.2. The van der Waals surface area contributed by atoms with Gasteiger partial charge in [-0.1, -0.05) is 6.07 Å². The molecule has 0 atom stereocenters. The molecular formula is C14H16N4O2. The van der Waals surface area contributed by atoms with Crippen molar-refractivity contribution in [2.75, 3.05) is 7.11 Å². The van der Waals surface area contributed by atoms with Crippen LogP contribution in [-0.2, 0) is 6.54 Å². The van der Waals surface area contributed by atoms with Crippen LogP contribution in [0.5, 0.6) is 5.88 Å². The predicted molar refractivity (Wildman–Crippen MR) is 72.5 cm³/mol. The molecule has 20 heavy (non-hydrogen) atoms. The van der Waals surface area contributed by atoms with Crippen molar-refractivity contribution in [3.63, 3.8) is 0 Å². The number of aromatic nitrogens is 3. The smallest absolute Gasteiger partial charge is 0.272 e. The highest BCUT2D eigenvalue weighted by Crippen LogP contribution is 2.38. The molecule has 6 nitrogen and oxygen atoms in total. The van der Waals surface area contributed by atoms with Gasteiger partial charge in [0, 0.05) is 29.9 Å². The fourth-order valence-corrected chi connectivity index (χ4v) is 2.06. The molecule has 0 bridgehead atoms. The summed E-state index contributed by atoms with van der Waals surface area (Å²) >= 11 is 0. The summed E-state index contributed by atoms with van der Waals surface area (Å²) in [6.07, 6.45) is 4.01. The van der Waals surface area contributed by atoms with E-state index in [1.54, 1.807) is 13.3 Å². The molecule has 0 saturated heterocycles. The second-order valence-electron chi connectivity index (χ2n) is 4.84. The number of carbonyl (C=O) groups excluding carboxylic acids is 1. The zero-order chi connectivity index (χ0) is 13.9. The molecule has 6 heteroatoms. The number of pyridine rings is 1. The Morgan fingerprint density at radius 3 is 3.15 bits per heavy atom. The van der Waals surface area contributed by atoms with Gasteiger partial charge >= 0.3 is 0 Å². The number of methoxy groups -OCH3 is 1. The number of H-pyrrole nitrogens is 1. The molecule has 1 aliphatic rings. The highest BCUT2D eigenvalue weighted by Gasteiger charge is 2.26. The van der Waals surface area contributed by atoms with E-state index in [-0.39, 0.29) is 5.91 Å². The van der Waals surface area contributed by atoms with Gasteiger partial charge in [-0.2, -0.15) is 5.10 Å². The van der Waals surface area contributed by atoms with Crippen molar-refractivity contribution in [3.05, 3.63) is 41.3 Å². The van der Waals surface area contributed by atoms with Gasteiger partial charge in [0.25, 0.3) is 5.91 Å². The first-order valence-electron chi connectivity index (χ1n) is 6.59. The van der Waals surface area contributed by atoms with Gasteiger partial charge < -0.3 is 10.1 Å². The molecule has 104 valence electrons. The van der Waals surface area contributed by atoms with E-state index in [2.05, 4.69) is 20.5 Å². The number of hydrogen-bond donors (Lipinski definition) is 2. The van der Waals surface area contributed by atoms with Crippen LogP contribution in [0.3, 0.4) is 0 Å². The molecule has 0 radical (unpaired) electrons. The maximum atomic E-state index is 12.0. The quantitative estimate of drug-likeness (QED) is 0.866. The third-order valence-corrected chi connectivity index (χ3v) is 3.33. The second-order valence-corrected chi connectivity index (χ2v) is 4.84. The van der Waals surface area contributed by atoms with Gasteiger partial charge in [0.1, 0.15) is 5.69 Å². The number of rotatable bonds is 5. The Balaban J connectivity index is 1.63. The van der Waals surface area contributed by atoms with Crippen molar-refractivity contribution in [1.29, 1.82) is 0 Å². The molecule has 3 rings (SSSR count). The molecule has 1 aliphatic carbocycles. The first kappa shape index (κ1) is 12.7. The average molecular weight is 272 g/mol. The molecule has 2 aromatic heterocycles. The van der Waals surface area contributed by atoms with Gasteiger partial charge in [-0.05, 0) is 25.0 Å². The molecule has 0 spiro atoms. The van der Waals surface area contributed by atoms with Crippen LogP contribution >= 0.6 is 0 Å². The van der Waals surface area contributed by atoms with Gasteiger partial charge in [0.05, 0.1) is 7.11 Å². The molecule has 0 aromatic carbocycles. The Morgan fingerprint density at radius 2 is 2.40 bits per heavy atom. The van der Waals surface area contributed by atoms with Gasteiger partial charge in [-0.25, -0.2) is 4.98 Å². The van der Waals surface area contributed by atoms with Gasteiger partial charge in [0.15, 0.2) is 0 Å². The summed E-state index contributed by atoms with van der Waals surface area (Å²) in [5.74, 6) is 0.884. The van der Waals surface area contributed by atoms with E-state index in [1.807, 2.05) is 18.2 Å². The van der Waals surface area contributed by atoms with E-state index < -0.39 is 0 Å². The number of aromatic amines is 1. The summed E-state index contributed by atoms with van der Waals surface area (Å²) < 4.78 is 5.14. The van der Waals surface area contributed by atoms with Crippen LogP contribution in [0, 0.1) is 0 Å². The lowest BCUT2D eigenvalue weighted by Crippen LogP contribution is -2.23.